The number of rotatable bonds is 7. The van der Waals surface area contributed by atoms with E-state index in [2.05, 4.69) is 38.8 Å². The van der Waals surface area contributed by atoms with E-state index in [4.69, 9.17) is 4.99 Å². The van der Waals surface area contributed by atoms with Gasteiger partial charge in [0, 0.05) is 44.1 Å². The van der Waals surface area contributed by atoms with E-state index in [1.807, 2.05) is 11.3 Å². The molecule has 1 saturated heterocycles. The summed E-state index contributed by atoms with van der Waals surface area (Å²) in [5.74, 6) is 0.966. The van der Waals surface area contributed by atoms with Crippen LogP contribution in [0.2, 0.25) is 0 Å². The van der Waals surface area contributed by atoms with Crippen molar-refractivity contribution in [3.63, 3.8) is 0 Å². The summed E-state index contributed by atoms with van der Waals surface area (Å²) in [5, 5.41) is 9.10. The first kappa shape index (κ1) is 18.7. The van der Waals surface area contributed by atoms with Crippen LogP contribution in [0.1, 0.15) is 36.6 Å². The second-order valence-electron chi connectivity index (χ2n) is 6.98. The maximum atomic E-state index is 4.75. The highest BCUT2D eigenvalue weighted by molar-refractivity contribution is 7.10. The summed E-state index contributed by atoms with van der Waals surface area (Å²) in [6, 6.07) is 2.28. The van der Waals surface area contributed by atoms with Gasteiger partial charge in [0.25, 0.3) is 0 Å². The first-order chi connectivity index (χ1) is 12.3. The van der Waals surface area contributed by atoms with Gasteiger partial charge in [-0.1, -0.05) is 6.42 Å². The number of guanidine groups is 1. The molecule has 0 amide bonds. The number of likely N-dealkylation sites (tertiary alicyclic amines) is 1. The molecule has 2 aliphatic heterocycles. The van der Waals surface area contributed by atoms with Crippen molar-refractivity contribution in [1.82, 2.24) is 20.4 Å². The standard InChI is InChI=1S/C19H33N5S/c1-2-20-19(21-8-13-23-10-4-3-5-11-23)22-9-14-24-12-6-18-17(16-24)7-15-25-18/h7,15H,2-6,8-14,16H2,1H3,(H2,20,21,22). The van der Waals surface area contributed by atoms with Gasteiger partial charge in [0.2, 0.25) is 0 Å². The van der Waals surface area contributed by atoms with Gasteiger partial charge >= 0.3 is 0 Å². The van der Waals surface area contributed by atoms with Crippen molar-refractivity contribution in [2.24, 2.45) is 4.99 Å². The first-order valence-corrected chi connectivity index (χ1v) is 10.8. The Bertz CT molecular complexity index is 536. The van der Waals surface area contributed by atoms with Crippen molar-refractivity contribution >= 4 is 17.3 Å². The Kier molecular flexibility index (Phi) is 7.57. The van der Waals surface area contributed by atoms with E-state index in [0.29, 0.717) is 0 Å². The fourth-order valence-corrected chi connectivity index (χ4v) is 4.55. The van der Waals surface area contributed by atoms with Gasteiger partial charge < -0.3 is 15.5 Å². The summed E-state index contributed by atoms with van der Waals surface area (Å²) >= 11 is 1.91. The van der Waals surface area contributed by atoms with Gasteiger partial charge in [0.15, 0.2) is 5.96 Å². The Morgan fingerprint density at radius 1 is 1.12 bits per heavy atom. The normalized spacial score (nSPS) is 19.6. The molecule has 0 saturated carbocycles. The average Bonchev–Trinajstić information content (AvgIpc) is 3.10. The van der Waals surface area contributed by atoms with Crippen molar-refractivity contribution in [2.75, 3.05) is 52.4 Å². The lowest BCUT2D eigenvalue weighted by Gasteiger charge is -2.27. The molecule has 5 nitrogen and oxygen atoms in total. The van der Waals surface area contributed by atoms with Gasteiger partial charge in [-0.25, -0.2) is 0 Å². The van der Waals surface area contributed by atoms with Crippen molar-refractivity contribution in [2.45, 2.75) is 39.2 Å². The molecular formula is C19H33N5S. The van der Waals surface area contributed by atoms with E-state index in [0.717, 1.165) is 45.2 Å². The quantitative estimate of drug-likeness (QED) is 0.575. The molecule has 0 atom stereocenters. The van der Waals surface area contributed by atoms with E-state index in [1.165, 1.54) is 50.9 Å². The molecule has 25 heavy (non-hydrogen) atoms. The second-order valence-corrected chi connectivity index (χ2v) is 7.99. The van der Waals surface area contributed by atoms with Crippen LogP contribution in [0.25, 0.3) is 0 Å². The van der Waals surface area contributed by atoms with Crippen LogP contribution in [0, 0.1) is 0 Å². The summed E-state index contributed by atoms with van der Waals surface area (Å²) in [6.07, 6.45) is 5.30. The number of fused-ring (bicyclic) bond motifs is 1. The number of aliphatic imine (C=N–C) groups is 1. The van der Waals surface area contributed by atoms with Crippen LogP contribution >= 0.6 is 11.3 Å². The maximum Gasteiger partial charge on any atom is 0.191 e. The Morgan fingerprint density at radius 2 is 2.00 bits per heavy atom. The van der Waals surface area contributed by atoms with E-state index in [9.17, 15) is 0 Å². The lowest BCUT2D eigenvalue weighted by Crippen LogP contribution is -2.43. The molecule has 0 radical (unpaired) electrons. The molecular weight excluding hydrogens is 330 g/mol. The summed E-state index contributed by atoms with van der Waals surface area (Å²) in [7, 11) is 0. The van der Waals surface area contributed by atoms with Gasteiger partial charge in [-0.3, -0.25) is 9.89 Å². The number of piperidine rings is 1. The highest BCUT2D eigenvalue weighted by atomic mass is 32.1. The third-order valence-corrected chi connectivity index (χ3v) is 6.11. The monoisotopic (exact) mass is 363 g/mol. The van der Waals surface area contributed by atoms with Crippen LogP contribution in [0.4, 0.5) is 0 Å². The van der Waals surface area contributed by atoms with Crippen LogP contribution in [0.3, 0.4) is 0 Å². The molecule has 0 bridgehead atoms. The molecule has 0 aliphatic carbocycles. The minimum Gasteiger partial charge on any atom is -0.357 e. The zero-order chi connectivity index (χ0) is 17.3. The molecule has 0 unspecified atom stereocenters. The van der Waals surface area contributed by atoms with Crippen molar-refractivity contribution in [1.29, 1.82) is 0 Å². The second kappa shape index (κ2) is 10.1. The number of hydrogen-bond donors (Lipinski definition) is 2. The van der Waals surface area contributed by atoms with Crippen molar-refractivity contribution in [3.05, 3.63) is 21.9 Å². The Hall–Kier alpha value is -1.11. The summed E-state index contributed by atoms with van der Waals surface area (Å²) in [5.41, 5.74) is 1.53. The SMILES string of the molecule is CCNC(=NCCN1CCCCC1)NCCN1CCc2sccc2C1. The molecule has 3 heterocycles. The van der Waals surface area contributed by atoms with Crippen LogP contribution in [0.5, 0.6) is 0 Å². The van der Waals surface area contributed by atoms with Crippen LogP contribution < -0.4 is 10.6 Å². The van der Waals surface area contributed by atoms with Gasteiger partial charge in [0.1, 0.15) is 0 Å². The van der Waals surface area contributed by atoms with Crippen LogP contribution in [0.15, 0.2) is 16.4 Å². The molecule has 1 aromatic heterocycles. The van der Waals surface area contributed by atoms with E-state index in [1.54, 1.807) is 4.88 Å². The smallest absolute Gasteiger partial charge is 0.191 e. The molecule has 6 heteroatoms. The summed E-state index contributed by atoms with van der Waals surface area (Å²) in [4.78, 5) is 11.4. The van der Waals surface area contributed by atoms with Gasteiger partial charge in [-0.2, -0.15) is 0 Å². The zero-order valence-corrected chi connectivity index (χ0v) is 16.4. The Morgan fingerprint density at radius 3 is 2.84 bits per heavy atom. The molecule has 2 aliphatic rings. The summed E-state index contributed by atoms with van der Waals surface area (Å²) < 4.78 is 0. The van der Waals surface area contributed by atoms with Crippen LogP contribution in [-0.2, 0) is 13.0 Å². The third-order valence-electron chi connectivity index (χ3n) is 5.09. The molecule has 0 spiro atoms. The number of thiophene rings is 1. The van der Waals surface area contributed by atoms with Crippen molar-refractivity contribution in [3.8, 4) is 0 Å². The number of nitrogens with zero attached hydrogens (tertiary/aromatic N) is 3. The minimum atomic E-state index is 0.886. The van der Waals surface area contributed by atoms with Crippen LogP contribution in [-0.4, -0.2) is 68.1 Å². The van der Waals surface area contributed by atoms with Gasteiger partial charge in [-0.05, 0) is 56.3 Å². The molecule has 140 valence electrons. The molecule has 2 N–H and O–H groups in total. The Balaban J connectivity index is 1.37. The fourth-order valence-electron chi connectivity index (χ4n) is 3.66. The predicted molar refractivity (Wildman–Crippen MR) is 108 cm³/mol. The third kappa shape index (κ3) is 5.97. The zero-order valence-electron chi connectivity index (χ0n) is 15.6. The number of hydrogen-bond acceptors (Lipinski definition) is 4. The van der Waals surface area contributed by atoms with Gasteiger partial charge in [0.05, 0.1) is 6.54 Å². The van der Waals surface area contributed by atoms with E-state index in [-0.39, 0.29) is 0 Å². The summed E-state index contributed by atoms with van der Waals surface area (Å²) in [6.45, 7) is 11.8. The largest absolute Gasteiger partial charge is 0.357 e. The average molecular weight is 364 g/mol. The van der Waals surface area contributed by atoms with Gasteiger partial charge in [-0.15, -0.1) is 11.3 Å². The first-order valence-electron chi connectivity index (χ1n) is 9.87. The lowest BCUT2D eigenvalue weighted by molar-refractivity contribution is 0.235. The lowest BCUT2D eigenvalue weighted by atomic mass is 10.1. The molecule has 1 aromatic rings. The Labute approximate surface area is 156 Å². The van der Waals surface area contributed by atoms with E-state index < -0.39 is 0 Å². The maximum absolute atomic E-state index is 4.75. The minimum absolute atomic E-state index is 0.886. The van der Waals surface area contributed by atoms with Crippen molar-refractivity contribution < 1.29 is 0 Å². The molecule has 0 aromatic carbocycles. The van der Waals surface area contributed by atoms with E-state index >= 15 is 0 Å². The predicted octanol–water partition coefficient (Wildman–Crippen LogP) is 2.15. The highest BCUT2D eigenvalue weighted by Crippen LogP contribution is 2.23. The topological polar surface area (TPSA) is 42.9 Å². The fraction of sp³-hybridized carbons (Fsp3) is 0.737. The highest BCUT2D eigenvalue weighted by Gasteiger charge is 2.16. The molecule has 1 fully saturated rings. The number of nitrogens with one attached hydrogen (secondary N) is 2. The molecule has 3 rings (SSSR count).